The molecule has 142 valence electrons. The van der Waals surface area contributed by atoms with Gasteiger partial charge in [0, 0.05) is 31.4 Å². The fourth-order valence-electron chi connectivity index (χ4n) is 3.20. The van der Waals surface area contributed by atoms with E-state index >= 15 is 0 Å². The summed E-state index contributed by atoms with van der Waals surface area (Å²) in [6.07, 6.45) is 2.18. The maximum absolute atomic E-state index is 13.4. The van der Waals surface area contributed by atoms with Crippen LogP contribution in [0, 0.1) is 5.82 Å². The van der Waals surface area contributed by atoms with Gasteiger partial charge in [-0.1, -0.05) is 12.1 Å². The Bertz CT molecular complexity index is 1030. The van der Waals surface area contributed by atoms with Crippen LogP contribution in [-0.2, 0) is 13.0 Å². The van der Waals surface area contributed by atoms with Gasteiger partial charge in [0.1, 0.15) is 12.1 Å². The van der Waals surface area contributed by atoms with Gasteiger partial charge in [0.15, 0.2) is 0 Å². The molecule has 0 spiro atoms. The summed E-state index contributed by atoms with van der Waals surface area (Å²) < 4.78 is 13.4. The van der Waals surface area contributed by atoms with Gasteiger partial charge in [-0.2, -0.15) is 4.98 Å². The lowest BCUT2D eigenvalue weighted by Gasteiger charge is -2.28. The van der Waals surface area contributed by atoms with Crippen molar-refractivity contribution >= 4 is 23.5 Å². The molecule has 4 rings (SSSR count). The molecule has 0 fully saturated rings. The van der Waals surface area contributed by atoms with Crippen molar-refractivity contribution in [3.63, 3.8) is 0 Å². The molecule has 7 nitrogen and oxygen atoms in total. The summed E-state index contributed by atoms with van der Waals surface area (Å²) in [6, 6.07) is 12.0. The number of amides is 1. The van der Waals surface area contributed by atoms with Crippen molar-refractivity contribution in [2.45, 2.75) is 13.0 Å². The van der Waals surface area contributed by atoms with Crippen molar-refractivity contribution < 1.29 is 9.18 Å². The predicted octanol–water partition coefficient (Wildman–Crippen LogP) is 2.68. The molecule has 2 heterocycles. The van der Waals surface area contributed by atoms with Crippen LogP contribution in [0.25, 0.3) is 0 Å². The van der Waals surface area contributed by atoms with Crippen LogP contribution in [0.3, 0.4) is 0 Å². The van der Waals surface area contributed by atoms with Crippen LogP contribution in [0.5, 0.6) is 0 Å². The zero-order chi connectivity index (χ0) is 19.5. The van der Waals surface area contributed by atoms with E-state index in [0.29, 0.717) is 36.2 Å². The number of carbonyl (C=O) groups excluding carboxylic acids is 1. The zero-order valence-electron chi connectivity index (χ0n) is 15.3. The maximum atomic E-state index is 13.4. The third-order valence-electron chi connectivity index (χ3n) is 4.63. The first-order valence-electron chi connectivity index (χ1n) is 8.93. The molecule has 0 bridgehead atoms. The quantitative estimate of drug-likeness (QED) is 0.726. The number of hydrogen-bond acceptors (Lipinski definition) is 6. The number of rotatable bonds is 4. The second-order valence-electron chi connectivity index (χ2n) is 6.48. The SMILES string of the molecule is CNC(=O)c1cccc(Nc2ncnc(N3CCc4cc(F)ccc4C3)n2)c1. The third kappa shape index (κ3) is 3.75. The highest BCUT2D eigenvalue weighted by atomic mass is 19.1. The molecule has 1 amide bonds. The monoisotopic (exact) mass is 378 g/mol. The van der Waals surface area contributed by atoms with E-state index in [0.717, 1.165) is 17.5 Å². The van der Waals surface area contributed by atoms with E-state index in [1.807, 2.05) is 11.0 Å². The van der Waals surface area contributed by atoms with Crippen LogP contribution >= 0.6 is 0 Å². The van der Waals surface area contributed by atoms with Gasteiger partial charge < -0.3 is 15.5 Å². The summed E-state index contributed by atoms with van der Waals surface area (Å²) >= 11 is 0. The van der Waals surface area contributed by atoms with Crippen molar-refractivity contribution in [2.24, 2.45) is 0 Å². The van der Waals surface area contributed by atoms with E-state index in [1.54, 1.807) is 37.4 Å². The van der Waals surface area contributed by atoms with E-state index < -0.39 is 0 Å². The molecule has 1 aliphatic heterocycles. The summed E-state index contributed by atoms with van der Waals surface area (Å²) in [7, 11) is 1.59. The average molecular weight is 378 g/mol. The molecule has 8 heteroatoms. The second-order valence-corrected chi connectivity index (χ2v) is 6.48. The lowest BCUT2D eigenvalue weighted by molar-refractivity contribution is 0.0963. The van der Waals surface area contributed by atoms with Gasteiger partial charge in [-0.3, -0.25) is 4.79 Å². The highest BCUT2D eigenvalue weighted by Crippen LogP contribution is 2.23. The molecule has 0 aliphatic carbocycles. The van der Waals surface area contributed by atoms with Crippen LogP contribution in [0.2, 0.25) is 0 Å². The fraction of sp³-hybridized carbons (Fsp3) is 0.200. The lowest BCUT2D eigenvalue weighted by atomic mass is 10.00. The van der Waals surface area contributed by atoms with Crippen LogP contribution in [0.15, 0.2) is 48.8 Å². The van der Waals surface area contributed by atoms with Crippen LogP contribution in [-0.4, -0.2) is 34.5 Å². The largest absolute Gasteiger partial charge is 0.355 e. The van der Waals surface area contributed by atoms with Crippen LogP contribution in [0.1, 0.15) is 21.5 Å². The second kappa shape index (κ2) is 7.59. The summed E-state index contributed by atoms with van der Waals surface area (Å²) in [4.78, 5) is 26.8. The molecular weight excluding hydrogens is 359 g/mol. The van der Waals surface area contributed by atoms with Crippen LogP contribution in [0.4, 0.5) is 22.0 Å². The van der Waals surface area contributed by atoms with Gasteiger partial charge in [0.05, 0.1) is 0 Å². The molecule has 0 saturated carbocycles. The molecule has 1 aromatic heterocycles. The number of aromatic nitrogens is 3. The minimum Gasteiger partial charge on any atom is -0.355 e. The number of anilines is 3. The Balaban J connectivity index is 1.52. The predicted molar refractivity (Wildman–Crippen MR) is 104 cm³/mol. The minimum atomic E-state index is -0.210. The molecule has 0 atom stereocenters. The first-order valence-corrected chi connectivity index (χ1v) is 8.93. The van der Waals surface area contributed by atoms with Crippen molar-refractivity contribution in [1.82, 2.24) is 20.3 Å². The normalized spacial score (nSPS) is 13.0. The standard InChI is InChI=1S/C20H19FN6O/c1-22-18(28)14-3-2-4-17(10-14)25-19-23-12-24-20(26-19)27-8-7-13-9-16(21)6-5-15(13)11-27/h2-6,9-10,12H,7-8,11H2,1H3,(H,22,28)(H,23,24,25,26). The Kier molecular flexibility index (Phi) is 4.84. The molecule has 0 unspecified atom stereocenters. The van der Waals surface area contributed by atoms with E-state index in [-0.39, 0.29) is 11.7 Å². The molecular formula is C20H19FN6O. The van der Waals surface area contributed by atoms with Crippen molar-refractivity contribution in [1.29, 1.82) is 0 Å². The lowest BCUT2D eigenvalue weighted by Crippen LogP contribution is -2.32. The zero-order valence-corrected chi connectivity index (χ0v) is 15.3. The third-order valence-corrected chi connectivity index (χ3v) is 4.63. The van der Waals surface area contributed by atoms with Crippen molar-refractivity contribution in [3.05, 3.63) is 71.3 Å². The average Bonchev–Trinajstić information content (AvgIpc) is 2.73. The Labute approximate surface area is 161 Å². The number of benzene rings is 2. The number of hydrogen-bond donors (Lipinski definition) is 2. The topological polar surface area (TPSA) is 83.0 Å². The van der Waals surface area contributed by atoms with E-state index in [9.17, 15) is 9.18 Å². The molecule has 2 aromatic carbocycles. The molecule has 3 aromatic rings. The van der Waals surface area contributed by atoms with Gasteiger partial charge in [-0.15, -0.1) is 0 Å². The van der Waals surface area contributed by atoms with Gasteiger partial charge in [0.25, 0.3) is 5.91 Å². The highest BCUT2D eigenvalue weighted by Gasteiger charge is 2.19. The number of carbonyl (C=O) groups is 1. The van der Waals surface area contributed by atoms with Crippen LogP contribution < -0.4 is 15.5 Å². The fourth-order valence-corrected chi connectivity index (χ4v) is 3.20. The van der Waals surface area contributed by atoms with Gasteiger partial charge in [0.2, 0.25) is 11.9 Å². The number of nitrogens with one attached hydrogen (secondary N) is 2. The van der Waals surface area contributed by atoms with E-state index in [2.05, 4.69) is 25.6 Å². The van der Waals surface area contributed by atoms with Crippen molar-refractivity contribution in [2.75, 3.05) is 23.8 Å². The summed E-state index contributed by atoms with van der Waals surface area (Å²) in [6.45, 7) is 1.32. The summed E-state index contributed by atoms with van der Waals surface area (Å²) in [5.74, 6) is 0.570. The van der Waals surface area contributed by atoms with Crippen molar-refractivity contribution in [3.8, 4) is 0 Å². The van der Waals surface area contributed by atoms with Gasteiger partial charge in [-0.05, 0) is 47.9 Å². The molecule has 0 radical (unpaired) electrons. The number of halogens is 1. The maximum Gasteiger partial charge on any atom is 0.251 e. The Morgan fingerprint density at radius 1 is 1.14 bits per heavy atom. The molecule has 2 N–H and O–H groups in total. The Morgan fingerprint density at radius 2 is 2.04 bits per heavy atom. The molecule has 0 saturated heterocycles. The Morgan fingerprint density at radius 3 is 2.89 bits per heavy atom. The summed E-state index contributed by atoms with van der Waals surface area (Å²) in [5, 5.41) is 5.71. The molecule has 28 heavy (non-hydrogen) atoms. The molecule has 1 aliphatic rings. The minimum absolute atomic E-state index is 0.164. The highest BCUT2D eigenvalue weighted by molar-refractivity contribution is 5.95. The first-order chi connectivity index (χ1) is 13.6. The van der Waals surface area contributed by atoms with E-state index in [1.165, 1.54) is 12.4 Å². The number of fused-ring (bicyclic) bond motifs is 1. The first kappa shape index (κ1) is 17.8. The smallest absolute Gasteiger partial charge is 0.251 e. The Hall–Kier alpha value is -3.55. The van der Waals surface area contributed by atoms with Gasteiger partial charge >= 0.3 is 0 Å². The van der Waals surface area contributed by atoms with Gasteiger partial charge in [-0.25, -0.2) is 14.4 Å². The summed E-state index contributed by atoms with van der Waals surface area (Å²) in [5.41, 5.74) is 3.34. The van der Waals surface area contributed by atoms with E-state index in [4.69, 9.17) is 0 Å². The number of nitrogens with zero attached hydrogens (tertiary/aromatic N) is 4.